The van der Waals surface area contributed by atoms with Crippen molar-refractivity contribution in [2.45, 2.75) is 44.9 Å². The number of hydrogen-bond donors (Lipinski definition) is 1. The predicted molar refractivity (Wildman–Crippen MR) is 72.7 cm³/mol. The average molecular weight is 254 g/mol. The number of thiocarbonyl (C=S) groups is 1. The fourth-order valence-corrected chi connectivity index (χ4v) is 3.21. The Labute approximate surface area is 109 Å². The Kier molecular flexibility index (Phi) is 4.37. The van der Waals surface area contributed by atoms with E-state index >= 15 is 0 Å². The predicted octanol–water partition coefficient (Wildman–Crippen LogP) is 2.09. The van der Waals surface area contributed by atoms with E-state index in [9.17, 15) is 4.79 Å². The number of piperidine rings is 1. The molecule has 2 aliphatic rings. The van der Waals surface area contributed by atoms with Crippen LogP contribution in [0.25, 0.3) is 0 Å². The highest BCUT2D eigenvalue weighted by Crippen LogP contribution is 2.27. The van der Waals surface area contributed by atoms with E-state index in [1.165, 1.54) is 19.3 Å². The zero-order chi connectivity index (χ0) is 12.3. The molecule has 4 heteroatoms. The van der Waals surface area contributed by atoms with E-state index in [0.29, 0.717) is 10.9 Å². The molecule has 0 spiro atoms. The van der Waals surface area contributed by atoms with Gasteiger partial charge in [-0.25, -0.2) is 0 Å². The van der Waals surface area contributed by atoms with Crippen molar-refractivity contribution in [3.8, 4) is 0 Å². The lowest BCUT2D eigenvalue weighted by molar-refractivity contribution is -0.137. The second-order valence-corrected chi connectivity index (χ2v) is 5.83. The van der Waals surface area contributed by atoms with E-state index in [0.717, 1.165) is 38.8 Å². The van der Waals surface area contributed by atoms with Gasteiger partial charge in [-0.2, -0.15) is 0 Å². The topological polar surface area (TPSA) is 46.3 Å². The summed E-state index contributed by atoms with van der Waals surface area (Å²) >= 11 is 5.05. The van der Waals surface area contributed by atoms with Crippen LogP contribution in [0.4, 0.5) is 0 Å². The molecule has 0 aromatic carbocycles. The largest absolute Gasteiger partial charge is 0.393 e. The Bertz CT molecular complexity index is 300. The molecule has 1 saturated heterocycles. The summed E-state index contributed by atoms with van der Waals surface area (Å²) in [7, 11) is 0. The van der Waals surface area contributed by atoms with Crippen LogP contribution in [0, 0.1) is 11.8 Å². The first-order chi connectivity index (χ1) is 8.18. The average Bonchev–Trinajstić information content (AvgIpc) is 2.39. The number of nitrogens with two attached hydrogens (primary N) is 1. The van der Waals surface area contributed by atoms with Crippen LogP contribution in [0.1, 0.15) is 44.9 Å². The van der Waals surface area contributed by atoms with Crippen LogP contribution in [0.5, 0.6) is 0 Å². The molecule has 1 heterocycles. The number of hydrogen-bond acceptors (Lipinski definition) is 2. The van der Waals surface area contributed by atoms with E-state index in [-0.39, 0.29) is 11.8 Å². The van der Waals surface area contributed by atoms with Gasteiger partial charge in [-0.3, -0.25) is 4.79 Å². The Morgan fingerprint density at radius 1 is 1.06 bits per heavy atom. The SMILES string of the molecule is NC(=S)C1CCCN(C(=O)C2CCCCC2)C1. The van der Waals surface area contributed by atoms with Crippen molar-refractivity contribution in [2.75, 3.05) is 13.1 Å². The highest BCUT2D eigenvalue weighted by molar-refractivity contribution is 7.80. The Hall–Kier alpha value is -0.640. The second kappa shape index (κ2) is 5.80. The number of rotatable bonds is 2. The minimum atomic E-state index is 0.242. The van der Waals surface area contributed by atoms with Gasteiger partial charge in [-0.1, -0.05) is 31.5 Å². The first kappa shape index (κ1) is 12.8. The van der Waals surface area contributed by atoms with Gasteiger partial charge in [-0.05, 0) is 25.7 Å². The lowest BCUT2D eigenvalue weighted by Crippen LogP contribution is -2.46. The van der Waals surface area contributed by atoms with E-state index in [4.69, 9.17) is 18.0 Å². The number of carbonyl (C=O) groups is 1. The van der Waals surface area contributed by atoms with E-state index in [1.807, 2.05) is 4.90 Å². The molecule has 1 aliphatic carbocycles. The zero-order valence-electron chi connectivity index (χ0n) is 10.4. The summed E-state index contributed by atoms with van der Waals surface area (Å²) in [6.07, 6.45) is 7.95. The fourth-order valence-electron chi connectivity index (χ4n) is 3.02. The van der Waals surface area contributed by atoms with Gasteiger partial charge in [0.2, 0.25) is 5.91 Å². The number of likely N-dealkylation sites (tertiary alicyclic amines) is 1. The van der Waals surface area contributed by atoms with Crippen LogP contribution < -0.4 is 5.73 Å². The van der Waals surface area contributed by atoms with Crippen molar-refractivity contribution < 1.29 is 4.79 Å². The summed E-state index contributed by atoms with van der Waals surface area (Å²) in [6.45, 7) is 1.65. The molecule has 2 rings (SSSR count). The van der Waals surface area contributed by atoms with Crippen LogP contribution in [0.3, 0.4) is 0 Å². The maximum atomic E-state index is 12.4. The van der Waals surface area contributed by atoms with Crippen LogP contribution in [-0.4, -0.2) is 28.9 Å². The highest BCUT2D eigenvalue weighted by Gasteiger charge is 2.30. The summed E-state index contributed by atoms with van der Waals surface area (Å²) in [4.78, 5) is 14.9. The Balaban J connectivity index is 1.91. The maximum absolute atomic E-state index is 12.4. The van der Waals surface area contributed by atoms with E-state index < -0.39 is 0 Å². The summed E-state index contributed by atoms with van der Waals surface area (Å²) in [5, 5.41) is 0. The number of carbonyl (C=O) groups excluding carboxylic acids is 1. The Morgan fingerprint density at radius 3 is 2.35 bits per heavy atom. The smallest absolute Gasteiger partial charge is 0.225 e. The molecule has 17 heavy (non-hydrogen) atoms. The van der Waals surface area contributed by atoms with Gasteiger partial charge in [0.15, 0.2) is 0 Å². The van der Waals surface area contributed by atoms with Crippen molar-refractivity contribution >= 4 is 23.1 Å². The van der Waals surface area contributed by atoms with Gasteiger partial charge in [0.25, 0.3) is 0 Å². The molecule has 0 radical (unpaired) electrons. The van der Waals surface area contributed by atoms with Gasteiger partial charge >= 0.3 is 0 Å². The molecule has 0 aromatic rings. The molecule has 1 atom stereocenters. The third-order valence-corrected chi connectivity index (χ3v) is 4.42. The number of amides is 1. The van der Waals surface area contributed by atoms with E-state index in [1.54, 1.807) is 0 Å². The molecule has 96 valence electrons. The maximum Gasteiger partial charge on any atom is 0.225 e. The van der Waals surface area contributed by atoms with Crippen molar-refractivity contribution in [3.63, 3.8) is 0 Å². The molecule has 2 N–H and O–H groups in total. The van der Waals surface area contributed by atoms with Crippen molar-refractivity contribution in [1.29, 1.82) is 0 Å². The molecule has 2 fully saturated rings. The van der Waals surface area contributed by atoms with Gasteiger partial charge in [0.05, 0.1) is 4.99 Å². The van der Waals surface area contributed by atoms with Gasteiger partial charge in [0, 0.05) is 24.9 Å². The first-order valence-electron chi connectivity index (χ1n) is 6.76. The van der Waals surface area contributed by atoms with Crippen LogP contribution in [-0.2, 0) is 4.79 Å². The Morgan fingerprint density at radius 2 is 1.71 bits per heavy atom. The molecule has 1 unspecified atom stereocenters. The van der Waals surface area contributed by atoms with Crippen LogP contribution in [0.2, 0.25) is 0 Å². The van der Waals surface area contributed by atoms with Crippen molar-refractivity contribution in [2.24, 2.45) is 17.6 Å². The molecule has 1 aliphatic heterocycles. The minimum absolute atomic E-state index is 0.242. The monoisotopic (exact) mass is 254 g/mol. The van der Waals surface area contributed by atoms with Crippen LogP contribution >= 0.6 is 12.2 Å². The first-order valence-corrected chi connectivity index (χ1v) is 7.17. The zero-order valence-corrected chi connectivity index (χ0v) is 11.2. The fraction of sp³-hybridized carbons (Fsp3) is 0.846. The highest BCUT2D eigenvalue weighted by atomic mass is 32.1. The molecule has 0 aromatic heterocycles. The molecule has 1 amide bonds. The third-order valence-electron chi connectivity index (χ3n) is 4.09. The van der Waals surface area contributed by atoms with Gasteiger partial charge in [-0.15, -0.1) is 0 Å². The van der Waals surface area contributed by atoms with Gasteiger partial charge < -0.3 is 10.6 Å². The molecular formula is C13H22N2OS. The summed E-state index contributed by atoms with van der Waals surface area (Å²) in [6, 6.07) is 0. The lowest BCUT2D eigenvalue weighted by atomic mass is 9.87. The second-order valence-electron chi connectivity index (χ2n) is 5.36. The normalized spacial score (nSPS) is 26.8. The molecule has 3 nitrogen and oxygen atoms in total. The minimum Gasteiger partial charge on any atom is -0.393 e. The number of nitrogens with zero attached hydrogens (tertiary/aromatic N) is 1. The third kappa shape index (κ3) is 3.18. The standard InChI is InChI=1S/C13H22N2OS/c14-12(17)11-7-4-8-15(9-11)13(16)10-5-2-1-3-6-10/h10-11H,1-9H2,(H2,14,17). The van der Waals surface area contributed by atoms with Crippen LogP contribution in [0.15, 0.2) is 0 Å². The summed E-state index contributed by atoms with van der Waals surface area (Å²) < 4.78 is 0. The summed E-state index contributed by atoms with van der Waals surface area (Å²) in [5.41, 5.74) is 5.70. The lowest BCUT2D eigenvalue weighted by Gasteiger charge is -2.35. The molecule has 0 bridgehead atoms. The molecule has 1 saturated carbocycles. The van der Waals surface area contributed by atoms with Crippen molar-refractivity contribution in [1.82, 2.24) is 4.90 Å². The van der Waals surface area contributed by atoms with E-state index in [2.05, 4.69) is 0 Å². The summed E-state index contributed by atoms with van der Waals surface area (Å²) in [5.74, 6) is 0.866. The van der Waals surface area contributed by atoms with Gasteiger partial charge in [0.1, 0.15) is 0 Å². The van der Waals surface area contributed by atoms with Crippen molar-refractivity contribution in [3.05, 3.63) is 0 Å². The molecular weight excluding hydrogens is 232 g/mol. The quantitative estimate of drug-likeness (QED) is 0.768.